The molecule has 0 aliphatic heterocycles. The zero-order chi connectivity index (χ0) is 12.2. The second-order valence-electron chi connectivity index (χ2n) is 4.39. The zero-order valence-corrected chi connectivity index (χ0v) is 10.7. The van der Waals surface area contributed by atoms with Crippen LogP contribution in [0.3, 0.4) is 0 Å². The first kappa shape index (κ1) is 13.2. The Hall–Kier alpha value is -0.910. The van der Waals surface area contributed by atoms with Crippen LogP contribution in [0.2, 0.25) is 0 Å². The molecule has 0 aliphatic rings. The van der Waals surface area contributed by atoms with Gasteiger partial charge in [-0.1, -0.05) is 6.07 Å². The fourth-order valence-corrected chi connectivity index (χ4v) is 2.14. The maximum atomic E-state index is 11.6. The Morgan fingerprint density at radius 1 is 1.62 bits per heavy atom. The first-order valence-corrected chi connectivity index (χ1v) is 5.97. The van der Waals surface area contributed by atoms with E-state index in [1.807, 2.05) is 30.4 Å². The zero-order valence-electron chi connectivity index (χ0n) is 9.86. The largest absolute Gasteiger partial charge is 0.387 e. The molecule has 1 unspecified atom stereocenters. The highest BCUT2D eigenvalue weighted by molar-refractivity contribution is 7.12. The number of carbonyl (C=O) groups is 1. The summed E-state index contributed by atoms with van der Waals surface area (Å²) in [5.41, 5.74) is -0.906. The van der Waals surface area contributed by atoms with Crippen molar-refractivity contribution in [2.24, 2.45) is 0 Å². The lowest BCUT2D eigenvalue weighted by Gasteiger charge is -2.26. The molecule has 1 atom stereocenters. The summed E-state index contributed by atoms with van der Waals surface area (Å²) >= 11 is 1.39. The van der Waals surface area contributed by atoms with Crippen LogP contribution in [-0.2, 0) is 0 Å². The number of rotatable bonds is 5. The highest BCUT2D eigenvalue weighted by Crippen LogP contribution is 2.09. The van der Waals surface area contributed by atoms with E-state index < -0.39 is 5.60 Å². The lowest BCUT2D eigenvalue weighted by atomic mass is 10.1. The average Bonchev–Trinajstić information content (AvgIpc) is 2.64. The molecular weight excluding hydrogens is 224 g/mol. The van der Waals surface area contributed by atoms with E-state index >= 15 is 0 Å². The first-order valence-electron chi connectivity index (χ1n) is 5.09. The minimum absolute atomic E-state index is 0.131. The number of amides is 1. The summed E-state index contributed by atoms with van der Waals surface area (Å²) in [6, 6.07) is 3.60. The molecule has 0 radical (unpaired) electrons. The van der Waals surface area contributed by atoms with Crippen LogP contribution < -0.4 is 5.32 Å². The summed E-state index contributed by atoms with van der Waals surface area (Å²) in [5, 5.41) is 14.6. The molecule has 2 N–H and O–H groups in total. The Labute approximate surface area is 99.9 Å². The van der Waals surface area contributed by atoms with E-state index in [0.29, 0.717) is 11.4 Å². The van der Waals surface area contributed by atoms with Crippen LogP contribution in [-0.4, -0.2) is 48.7 Å². The van der Waals surface area contributed by atoms with Crippen molar-refractivity contribution in [3.8, 4) is 0 Å². The van der Waals surface area contributed by atoms with Gasteiger partial charge in [0.05, 0.1) is 10.5 Å². The monoisotopic (exact) mass is 242 g/mol. The highest BCUT2D eigenvalue weighted by Gasteiger charge is 2.22. The molecule has 1 amide bonds. The van der Waals surface area contributed by atoms with Crippen molar-refractivity contribution in [3.63, 3.8) is 0 Å². The van der Waals surface area contributed by atoms with Gasteiger partial charge in [-0.05, 0) is 32.5 Å². The Bertz CT molecular complexity index is 334. The molecule has 1 aromatic rings. The van der Waals surface area contributed by atoms with Crippen molar-refractivity contribution in [2.75, 3.05) is 27.2 Å². The number of carbonyl (C=O) groups excluding carboxylic acids is 1. The molecule has 0 spiro atoms. The number of aliphatic hydroxyl groups is 1. The van der Waals surface area contributed by atoms with Gasteiger partial charge in [0.25, 0.3) is 5.91 Å². The lowest BCUT2D eigenvalue weighted by molar-refractivity contribution is 0.0326. The topological polar surface area (TPSA) is 52.6 Å². The molecule has 0 aromatic carbocycles. The molecule has 4 nitrogen and oxygen atoms in total. The summed E-state index contributed by atoms with van der Waals surface area (Å²) < 4.78 is 0. The second kappa shape index (κ2) is 5.43. The Morgan fingerprint density at radius 2 is 2.31 bits per heavy atom. The van der Waals surface area contributed by atoms with E-state index in [0.717, 1.165) is 0 Å². The quantitative estimate of drug-likeness (QED) is 0.802. The van der Waals surface area contributed by atoms with Gasteiger partial charge >= 0.3 is 0 Å². The molecule has 1 aromatic heterocycles. The molecule has 5 heteroatoms. The van der Waals surface area contributed by atoms with E-state index in [1.54, 1.807) is 13.0 Å². The Kier molecular flexibility index (Phi) is 4.46. The normalized spacial score (nSPS) is 14.8. The first-order chi connectivity index (χ1) is 7.41. The number of thiophene rings is 1. The van der Waals surface area contributed by atoms with Gasteiger partial charge in [0, 0.05) is 13.1 Å². The van der Waals surface area contributed by atoms with Gasteiger partial charge in [-0.3, -0.25) is 4.79 Å². The number of nitrogens with one attached hydrogen (secondary N) is 1. The van der Waals surface area contributed by atoms with Gasteiger partial charge in [-0.25, -0.2) is 0 Å². The molecule has 0 saturated heterocycles. The molecular formula is C11H18N2O2S. The van der Waals surface area contributed by atoms with E-state index in [2.05, 4.69) is 5.32 Å². The Balaban J connectivity index is 2.42. The Morgan fingerprint density at radius 3 is 2.81 bits per heavy atom. The third kappa shape index (κ3) is 4.30. The third-order valence-electron chi connectivity index (χ3n) is 2.03. The van der Waals surface area contributed by atoms with Crippen molar-refractivity contribution >= 4 is 17.2 Å². The van der Waals surface area contributed by atoms with E-state index in [1.165, 1.54) is 11.3 Å². The van der Waals surface area contributed by atoms with Crippen molar-refractivity contribution in [2.45, 2.75) is 12.5 Å². The molecule has 90 valence electrons. The fraction of sp³-hybridized carbons (Fsp3) is 0.545. The van der Waals surface area contributed by atoms with Crippen molar-refractivity contribution in [1.82, 2.24) is 10.2 Å². The van der Waals surface area contributed by atoms with Crippen LogP contribution in [0.1, 0.15) is 16.6 Å². The maximum Gasteiger partial charge on any atom is 0.261 e. The molecule has 0 bridgehead atoms. The maximum absolute atomic E-state index is 11.6. The summed E-state index contributed by atoms with van der Waals surface area (Å²) in [4.78, 5) is 14.2. The lowest BCUT2D eigenvalue weighted by Crippen LogP contribution is -2.47. The summed E-state index contributed by atoms with van der Waals surface area (Å²) in [5.74, 6) is -0.131. The third-order valence-corrected chi connectivity index (χ3v) is 2.90. The van der Waals surface area contributed by atoms with Gasteiger partial charge in [-0.15, -0.1) is 11.3 Å². The highest BCUT2D eigenvalue weighted by atomic mass is 32.1. The van der Waals surface area contributed by atoms with Crippen LogP contribution in [0.4, 0.5) is 0 Å². The van der Waals surface area contributed by atoms with E-state index in [9.17, 15) is 9.90 Å². The van der Waals surface area contributed by atoms with Crippen LogP contribution in [0, 0.1) is 0 Å². The second-order valence-corrected chi connectivity index (χ2v) is 5.34. The molecule has 1 heterocycles. The minimum Gasteiger partial charge on any atom is -0.387 e. The number of nitrogens with zero attached hydrogens (tertiary/aromatic N) is 1. The molecule has 1 rings (SSSR count). The van der Waals surface area contributed by atoms with Crippen molar-refractivity contribution < 1.29 is 9.90 Å². The van der Waals surface area contributed by atoms with Crippen LogP contribution in [0.15, 0.2) is 17.5 Å². The van der Waals surface area contributed by atoms with Crippen LogP contribution in [0.25, 0.3) is 0 Å². The molecule has 0 aliphatic carbocycles. The number of hydrogen-bond donors (Lipinski definition) is 2. The summed E-state index contributed by atoms with van der Waals surface area (Å²) in [7, 11) is 3.77. The van der Waals surface area contributed by atoms with Gasteiger partial charge in [0.1, 0.15) is 0 Å². The van der Waals surface area contributed by atoms with Crippen LogP contribution in [0.5, 0.6) is 0 Å². The van der Waals surface area contributed by atoms with Gasteiger partial charge < -0.3 is 15.3 Å². The average molecular weight is 242 g/mol. The van der Waals surface area contributed by atoms with E-state index in [-0.39, 0.29) is 12.5 Å². The standard InChI is InChI=1S/C11H18N2O2S/c1-11(15,8-13(2)3)7-12-10(14)9-5-4-6-16-9/h4-6,15H,7-8H2,1-3H3,(H,12,14). The summed E-state index contributed by atoms with van der Waals surface area (Å²) in [6.45, 7) is 2.47. The van der Waals surface area contributed by atoms with E-state index in [4.69, 9.17) is 0 Å². The molecule has 16 heavy (non-hydrogen) atoms. The van der Waals surface area contributed by atoms with Crippen molar-refractivity contribution in [3.05, 3.63) is 22.4 Å². The van der Waals surface area contributed by atoms with Gasteiger partial charge in [0.15, 0.2) is 0 Å². The predicted octanol–water partition coefficient (Wildman–Crippen LogP) is 0.790. The smallest absolute Gasteiger partial charge is 0.261 e. The molecule has 0 saturated carbocycles. The number of likely N-dealkylation sites (N-methyl/N-ethyl adjacent to an activating group) is 1. The summed E-state index contributed by atoms with van der Waals surface area (Å²) in [6.07, 6.45) is 0. The SMILES string of the molecule is CN(C)CC(C)(O)CNC(=O)c1cccs1. The van der Waals surface area contributed by atoms with Gasteiger partial charge in [0.2, 0.25) is 0 Å². The number of hydrogen-bond acceptors (Lipinski definition) is 4. The van der Waals surface area contributed by atoms with Crippen molar-refractivity contribution in [1.29, 1.82) is 0 Å². The predicted molar refractivity (Wildman–Crippen MR) is 65.8 cm³/mol. The van der Waals surface area contributed by atoms with Crippen LogP contribution >= 0.6 is 11.3 Å². The van der Waals surface area contributed by atoms with Gasteiger partial charge in [-0.2, -0.15) is 0 Å². The minimum atomic E-state index is -0.906. The fourth-order valence-electron chi connectivity index (χ4n) is 1.50. The molecule has 0 fully saturated rings.